The average molecular weight is 456 g/mol. The highest BCUT2D eigenvalue weighted by Gasteiger charge is 2.33. The number of nitrogens with one attached hydrogen (secondary N) is 1. The van der Waals surface area contributed by atoms with Crippen molar-refractivity contribution in [3.05, 3.63) is 58.1 Å². The number of hydrogen-bond acceptors (Lipinski definition) is 4. The van der Waals surface area contributed by atoms with Crippen LogP contribution in [0.15, 0.2) is 47.4 Å². The number of carbonyl (C=O) groups is 2. The molecule has 1 aliphatic heterocycles. The molecule has 0 unspecified atom stereocenters. The normalized spacial score (nSPS) is 15.8. The predicted molar refractivity (Wildman–Crippen MR) is 112 cm³/mol. The van der Waals surface area contributed by atoms with Crippen molar-refractivity contribution in [3.8, 4) is 0 Å². The number of hydrogen-bond donors (Lipinski definition) is 2. The topological polar surface area (TPSA) is 110 Å². The van der Waals surface area contributed by atoms with Crippen LogP contribution in [-0.2, 0) is 14.8 Å². The highest BCUT2D eigenvalue weighted by molar-refractivity contribution is 7.89. The van der Waals surface area contributed by atoms with Crippen LogP contribution in [0.1, 0.15) is 23.2 Å². The minimum Gasteiger partial charge on any atom is -0.366 e. The average Bonchev–Trinajstić information content (AvgIpc) is 2.70. The van der Waals surface area contributed by atoms with E-state index in [-0.39, 0.29) is 39.9 Å². The molecule has 0 radical (unpaired) electrons. The van der Waals surface area contributed by atoms with Crippen molar-refractivity contribution < 1.29 is 18.0 Å². The molecule has 2 aromatic carbocycles. The molecule has 0 atom stereocenters. The van der Waals surface area contributed by atoms with E-state index in [1.54, 1.807) is 12.1 Å². The van der Waals surface area contributed by atoms with Crippen LogP contribution in [0.3, 0.4) is 0 Å². The quantitative estimate of drug-likeness (QED) is 0.721. The van der Waals surface area contributed by atoms with E-state index in [2.05, 4.69) is 5.32 Å². The molecule has 1 fully saturated rings. The summed E-state index contributed by atoms with van der Waals surface area (Å²) in [6.07, 6.45) is 0.755. The second-order valence-electron chi connectivity index (χ2n) is 6.66. The third-order valence-electron chi connectivity index (χ3n) is 4.80. The highest BCUT2D eigenvalue weighted by Crippen LogP contribution is 2.32. The van der Waals surface area contributed by atoms with Crippen LogP contribution >= 0.6 is 23.2 Å². The van der Waals surface area contributed by atoms with Crippen LogP contribution in [0.4, 0.5) is 5.69 Å². The maximum absolute atomic E-state index is 12.9. The number of primary amides is 1. The molecule has 0 aromatic heterocycles. The van der Waals surface area contributed by atoms with E-state index in [1.807, 2.05) is 0 Å². The monoisotopic (exact) mass is 455 g/mol. The summed E-state index contributed by atoms with van der Waals surface area (Å²) in [4.78, 5) is 23.6. The molecular weight excluding hydrogens is 437 g/mol. The Morgan fingerprint density at radius 1 is 1.03 bits per heavy atom. The Bertz CT molecular complexity index is 1030. The van der Waals surface area contributed by atoms with E-state index < -0.39 is 15.9 Å². The Morgan fingerprint density at radius 2 is 1.66 bits per heavy atom. The van der Waals surface area contributed by atoms with Crippen LogP contribution < -0.4 is 11.1 Å². The zero-order valence-corrected chi connectivity index (χ0v) is 17.6. The molecule has 10 heteroatoms. The lowest BCUT2D eigenvalue weighted by atomic mass is 9.97. The van der Waals surface area contributed by atoms with Gasteiger partial charge in [0.1, 0.15) is 4.90 Å². The lowest BCUT2D eigenvalue weighted by Crippen LogP contribution is -2.41. The number of carbonyl (C=O) groups excluding carboxylic acids is 2. The highest BCUT2D eigenvalue weighted by atomic mass is 35.5. The summed E-state index contributed by atoms with van der Waals surface area (Å²) in [5.74, 6) is -1.07. The fourth-order valence-electron chi connectivity index (χ4n) is 3.14. The Hall–Kier alpha value is -2.13. The first-order chi connectivity index (χ1) is 13.7. The van der Waals surface area contributed by atoms with Crippen LogP contribution in [0.25, 0.3) is 0 Å². The number of halogens is 2. The van der Waals surface area contributed by atoms with Gasteiger partial charge in [-0.2, -0.15) is 4.31 Å². The van der Waals surface area contributed by atoms with Crippen molar-refractivity contribution in [2.45, 2.75) is 17.7 Å². The third kappa shape index (κ3) is 4.72. The van der Waals surface area contributed by atoms with Gasteiger partial charge in [-0.25, -0.2) is 8.42 Å². The molecule has 3 rings (SSSR count). The molecule has 0 saturated carbocycles. The van der Waals surface area contributed by atoms with Gasteiger partial charge < -0.3 is 11.1 Å². The Kier molecular flexibility index (Phi) is 6.48. The summed E-state index contributed by atoms with van der Waals surface area (Å²) in [6.45, 7) is 0.397. The van der Waals surface area contributed by atoms with Crippen molar-refractivity contribution in [2.24, 2.45) is 11.7 Å². The van der Waals surface area contributed by atoms with E-state index in [1.165, 1.54) is 34.6 Å². The molecule has 2 aromatic rings. The molecule has 0 spiro atoms. The van der Waals surface area contributed by atoms with Gasteiger partial charge in [0, 0.05) is 30.3 Å². The van der Waals surface area contributed by atoms with Crippen molar-refractivity contribution in [2.75, 3.05) is 18.4 Å². The molecule has 0 bridgehead atoms. The van der Waals surface area contributed by atoms with E-state index in [4.69, 9.17) is 28.9 Å². The molecule has 1 saturated heterocycles. The second-order valence-corrected chi connectivity index (χ2v) is 9.35. The minimum absolute atomic E-state index is 0.00607. The molecule has 29 heavy (non-hydrogen) atoms. The van der Waals surface area contributed by atoms with E-state index in [9.17, 15) is 18.0 Å². The standard InChI is InChI=1S/C19H19Cl2N3O4S/c20-15-2-1-3-16(17(15)21)29(27,28)24-10-8-13(9-11-24)19(26)23-14-6-4-12(5-7-14)18(22)25/h1-7,13H,8-11H2,(H2,22,25)(H,23,26). The zero-order chi connectivity index (χ0) is 21.2. The fraction of sp³-hybridized carbons (Fsp3) is 0.263. The number of nitrogens with zero attached hydrogens (tertiary/aromatic N) is 1. The fourth-order valence-corrected chi connectivity index (χ4v) is 5.35. The van der Waals surface area contributed by atoms with Gasteiger partial charge in [0.05, 0.1) is 10.0 Å². The molecule has 3 N–H and O–H groups in total. The Labute approximate surface area is 178 Å². The predicted octanol–water partition coefficient (Wildman–Crippen LogP) is 3.13. The van der Waals surface area contributed by atoms with Crippen LogP contribution in [0.2, 0.25) is 10.0 Å². The molecular formula is C19H19Cl2N3O4S. The summed E-state index contributed by atoms with van der Waals surface area (Å²) < 4.78 is 27.0. The van der Waals surface area contributed by atoms with Gasteiger partial charge >= 0.3 is 0 Å². The van der Waals surface area contributed by atoms with Crippen molar-refractivity contribution in [1.29, 1.82) is 0 Å². The summed E-state index contributed by atoms with van der Waals surface area (Å²) in [6, 6.07) is 10.7. The minimum atomic E-state index is -3.79. The molecule has 0 aliphatic carbocycles. The number of piperidine rings is 1. The van der Waals surface area contributed by atoms with E-state index in [0.29, 0.717) is 24.1 Å². The first-order valence-corrected chi connectivity index (χ1v) is 11.0. The largest absolute Gasteiger partial charge is 0.366 e. The van der Waals surface area contributed by atoms with Crippen LogP contribution in [0, 0.1) is 5.92 Å². The number of nitrogens with two attached hydrogens (primary N) is 1. The van der Waals surface area contributed by atoms with Crippen LogP contribution in [-0.4, -0.2) is 37.6 Å². The van der Waals surface area contributed by atoms with E-state index in [0.717, 1.165) is 0 Å². The first-order valence-electron chi connectivity index (χ1n) is 8.85. The maximum Gasteiger partial charge on any atom is 0.248 e. The number of amides is 2. The van der Waals surface area contributed by atoms with Gasteiger partial charge in [-0.05, 0) is 49.2 Å². The molecule has 7 nitrogen and oxygen atoms in total. The van der Waals surface area contributed by atoms with Gasteiger partial charge in [0.25, 0.3) is 0 Å². The maximum atomic E-state index is 12.9. The number of rotatable bonds is 5. The van der Waals surface area contributed by atoms with Gasteiger partial charge in [-0.3, -0.25) is 9.59 Å². The Morgan fingerprint density at radius 3 is 2.24 bits per heavy atom. The Balaban J connectivity index is 1.63. The molecule has 2 amide bonds. The number of anilines is 1. The second kappa shape index (κ2) is 8.71. The lowest BCUT2D eigenvalue weighted by molar-refractivity contribution is -0.120. The first kappa shape index (κ1) is 21.6. The number of sulfonamides is 1. The summed E-state index contributed by atoms with van der Waals surface area (Å²) in [7, 11) is -3.79. The van der Waals surface area contributed by atoms with Gasteiger partial charge in [0.2, 0.25) is 21.8 Å². The smallest absolute Gasteiger partial charge is 0.248 e. The van der Waals surface area contributed by atoms with Gasteiger partial charge in [0.15, 0.2) is 0 Å². The third-order valence-corrected chi connectivity index (χ3v) is 7.67. The zero-order valence-electron chi connectivity index (χ0n) is 15.3. The summed E-state index contributed by atoms with van der Waals surface area (Å²) in [5, 5.41) is 2.95. The van der Waals surface area contributed by atoms with Crippen molar-refractivity contribution >= 4 is 50.7 Å². The lowest BCUT2D eigenvalue weighted by Gasteiger charge is -2.30. The molecule has 1 aliphatic rings. The number of benzene rings is 2. The van der Waals surface area contributed by atoms with Crippen molar-refractivity contribution in [3.63, 3.8) is 0 Å². The van der Waals surface area contributed by atoms with Crippen LogP contribution in [0.5, 0.6) is 0 Å². The SMILES string of the molecule is NC(=O)c1ccc(NC(=O)C2CCN(S(=O)(=O)c3cccc(Cl)c3Cl)CC2)cc1. The van der Waals surface area contributed by atoms with E-state index >= 15 is 0 Å². The molecule has 154 valence electrons. The van der Waals surface area contributed by atoms with Gasteiger partial charge in [-0.1, -0.05) is 29.3 Å². The van der Waals surface area contributed by atoms with Crippen molar-refractivity contribution in [1.82, 2.24) is 4.31 Å². The molecule has 1 heterocycles. The van der Waals surface area contributed by atoms with Gasteiger partial charge in [-0.15, -0.1) is 0 Å². The summed E-state index contributed by atoms with van der Waals surface area (Å²) in [5.41, 5.74) is 6.08. The summed E-state index contributed by atoms with van der Waals surface area (Å²) >= 11 is 12.0.